The van der Waals surface area contributed by atoms with Gasteiger partial charge in [0.15, 0.2) is 0 Å². The smallest absolute Gasteiger partial charge is 0.219 e. The molecule has 0 aliphatic carbocycles. The highest BCUT2D eigenvalue weighted by Gasteiger charge is 2.13. The van der Waals surface area contributed by atoms with Crippen molar-refractivity contribution in [2.45, 2.75) is 36.8 Å². The number of nitrogen functional groups attached to an aromatic ring is 1. The van der Waals surface area contributed by atoms with Gasteiger partial charge < -0.3 is 0 Å². The van der Waals surface area contributed by atoms with E-state index in [1.165, 1.54) is 21.8 Å². The highest BCUT2D eigenvalue weighted by molar-refractivity contribution is 7.98. The molecule has 0 amide bonds. The molecule has 1 aromatic carbocycles. The van der Waals surface area contributed by atoms with Crippen molar-refractivity contribution >= 4 is 28.2 Å². The normalized spacial score (nSPS) is 11.6. The van der Waals surface area contributed by atoms with E-state index in [1.54, 1.807) is 11.8 Å². The Bertz CT molecular complexity index is 528. The van der Waals surface area contributed by atoms with Crippen LogP contribution >= 0.6 is 23.1 Å². The zero-order valence-corrected chi connectivity index (χ0v) is 12.9. The number of benzene rings is 1. The fourth-order valence-electron chi connectivity index (χ4n) is 1.57. The van der Waals surface area contributed by atoms with E-state index in [-0.39, 0.29) is 5.41 Å². The number of nitrogens with one attached hydrogen (secondary N) is 1. The van der Waals surface area contributed by atoms with Crippen LogP contribution < -0.4 is 11.3 Å². The van der Waals surface area contributed by atoms with Crippen LogP contribution in [0.25, 0.3) is 0 Å². The Morgan fingerprint density at radius 2 is 1.89 bits per heavy atom. The standard InChI is InChI=1S/C13H18N4S2/c1-13(2,3)9-4-6-10(7-5-9)18-8-11-16-17-12(15-14)19-11/h4-7H,8,14H2,1-3H3,(H,15,17). The third-order valence-corrected chi connectivity index (χ3v) is 4.73. The van der Waals surface area contributed by atoms with Gasteiger partial charge in [0.05, 0.1) is 5.75 Å². The number of nitrogens with zero attached hydrogens (tertiary/aromatic N) is 2. The summed E-state index contributed by atoms with van der Waals surface area (Å²) in [5.74, 6) is 6.09. The molecule has 2 aromatic rings. The number of aromatic nitrogens is 2. The van der Waals surface area contributed by atoms with E-state index >= 15 is 0 Å². The Hall–Kier alpha value is -1.11. The van der Waals surface area contributed by atoms with Crippen molar-refractivity contribution in [3.63, 3.8) is 0 Å². The first-order chi connectivity index (χ1) is 8.99. The van der Waals surface area contributed by atoms with Gasteiger partial charge in [0.1, 0.15) is 5.01 Å². The summed E-state index contributed by atoms with van der Waals surface area (Å²) >= 11 is 3.24. The van der Waals surface area contributed by atoms with E-state index in [2.05, 4.69) is 60.7 Å². The molecule has 0 unspecified atom stereocenters. The summed E-state index contributed by atoms with van der Waals surface area (Å²) in [7, 11) is 0. The number of hydrogen-bond donors (Lipinski definition) is 2. The Morgan fingerprint density at radius 1 is 1.21 bits per heavy atom. The van der Waals surface area contributed by atoms with Crippen LogP contribution in [0.15, 0.2) is 29.2 Å². The molecule has 102 valence electrons. The molecule has 0 bridgehead atoms. The summed E-state index contributed by atoms with van der Waals surface area (Å²) in [5.41, 5.74) is 4.05. The predicted octanol–water partition coefficient (Wildman–Crippen LogP) is 3.41. The van der Waals surface area contributed by atoms with Crippen molar-refractivity contribution in [3.8, 4) is 0 Å². The number of hydrogen-bond acceptors (Lipinski definition) is 6. The molecule has 0 spiro atoms. The van der Waals surface area contributed by atoms with E-state index < -0.39 is 0 Å². The van der Waals surface area contributed by atoms with Gasteiger partial charge in [-0.25, -0.2) is 5.84 Å². The van der Waals surface area contributed by atoms with Crippen molar-refractivity contribution < 1.29 is 0 Å². The lowest BCUT2D eigenvalue weighted by molar-refractivity contribution is 0.590. The molecule has 1 heterocycles. The van der Waals surface area contributed by atoms with Gasteiger partial charge in [0.2, 0.25) is 5.13 Å². The zero-order valence-electron chi connectivity index (χ0n) is 11.3. The molecule has 0 aliphatic heterocycles. The molecule has 0 fully saturated rings. The fourth-order valence-corrected chi connectivity index (χ4v) is 3.10. The number of nitrogens with two attached hydrogens (primary N) is 1. The maximum absolute atomic E-state index is 5.28. The van der Waals surface area contributed by atoms with Crippen LogP contribution in [0.5, 0.6) is 0 Å². The third kappa shape index (κ3) is 3.92. The van der Waals surface area contributed by atoms with Crippen LogP contribution in [-0.2, 0) is 11.2 Å². The molecule has 19 heavy (non-hydrogen) atoms. The number of hydrazine groups is 1. The van der Waals surface area contributed by atoms with Gasteiger partial charge in [-0.1, -0.05) is 44.2 Å². The van der Waals surface area contributed by atoms with Gasteiger partial charge in [0.25, 0.3) is 0 Å². The zero-order chi connectivity index (χ0) is 13.9. The lowest BCUT2D eigenvalue weighted by atomic mass is 9.87. The lowest BCUT2D eigenvalue weighted by Crippen LogP contribution is -2.10. The average Bonchev–Trinajstić information content (AvgIpc) is 2.84. The molecule has 0 aliphatic rings. The van der Waals surface area contributed by atoms with Crippen LogP contribution in [0.1, 0.15) is 31.3 Å². The highest BCUT2D eigenvalue weighted by atomic mass is 32.2. The fraction of sp³-hybridized carbons (Fsp3) is 0.385. The molecule has 4 nitrogen and oxygen atoms in total. The van der Waals surface area contributed by atoms with Gasteiger partial charge in [-0.3, -0.25) is 5.43 Å². The van der Waals surface area contributed by atoms with Crippen LogP contribution in [0.3, 0.4) is 0 Å². The van der Waals surface area contributed by atoms with E-state index in [9.17, 15) is 0 Å². The van der Waals surface area contributed by atoms with Crippen LogP contribution in [0, 0.1) is 0 Å². The van der Waals surface area contributed by atoms with Crippen LogP contribution in [0.2, 0.25) is 0 Å². The quantitative estimate of drug-likeness (QED) is 0.514. The van der Waals surface area contributed by atoms with Gasteiger partial charge >= 0.3 is 0 Å². The summed E-state index contributed by atoms with van der Waals surface area (Å²) in [6.45, 7) is 6.66. The molecule has 0 radical (unpaired) electrons. The highest BCUT2D eigenvalue weighted by Crippen LogP contribution is 2.28. The van der Waals surface area contributed by atoms with E-state index in [1.807, 2.05) is 0 Å². The molecule has 0 saturated carbocycles. The second-order valence-electron chi connectivity index (χ2n) is 5.21. The first kappa shape index (κ1) is 14.3. The first-order valence-electron chi connectivity index (χ1n) is 6.01. The van der Waals surface area contributed by atoms with Gasteiger partial charge in [-0.2, -0.15) is 0 Å². The monoisotopic (exact) mass is 294 g/mol. The maximum atomic E-state index is 5.28. The minimum absolute atomic E-state index is 0.199. The molecule has 3 N–H and O–H groups in total. The second-order valence-corrected chi connectivity index (χ2v) is 7.32. The average molecular weight is 294 g/mol. The Balaban J connectivity index is 1.96. The van der Waals surface area contributed by atoms with Crippen LogP contribution in [0.4, 0.5) is 5.13 Å². The molecule has 2 rings (SSSR count). The van der Waals surface area contributed by atoms with Crippen molar-refractivity contribution in [1.82, 2.24) is 10.2 Å². The Labute approximate surface area is 121 Å². The van der Waals surface area contributed by atoms with Gasteiger partial charge in [-0.05, 0) is 23.1 Å². The number of rotatable bonds is 4. The minimum atomic E-state index is 0.199. The molecular weight excluding hydrogens is 276 g/mol. The van der Waals surface area contributed by atoms with Crippen LogP contribution in [-0.4, -0.2) is 10.2 Å². The van der Waals surface area contributed by atoms with Crippen molar-refractivity contribution in [3.05, 3.63) is 34.8 Å². The van der Waals surface area contributed by atoms with Gasteiger partial charge in [-0.15, -0.1) is 22.0 Å². The summed E-state index contributed by atoms with van der Waals surface area (Å²) in [6, 6.07) is 8.70. The first-order valence-corrected chi connectivity index (χ1v) is 7.81. The lowest BCUT2D eigenvalue weighted by Gasteiger charge is -2.18. The third-order valence-electron chi connectivity index (χ3n) is 2.67. The second kappa shape index (κ2) is 5.90. The summed E-state index contributed by atoms with van der Waals surface area (Å²) in [4.78, 5) is 1.24. The van der Waals surface area contributed by atoms with E-state index in [0.29, 0.717) is 5.13 Å². The van der Waals surface area contributed by atoms with E-state index in [4.69, 9.17) is 5.84 Å². The maximum Gasteiger partial charge on any atom is 0.219 e. The van der Waals surface area contributed by atoms with Gasteiger partial charge in [0, 0.05) is 4.90 Å². The molecular formula is C13H18N4S2. The summed E-state index contributed by atoms with van der Waals surface area (Å²) in [6.07, 6.45) is 0. The summed E-state index contributed by atoms with van der Waals surface area (Å²) < 4.78 is 0. The van der Waals surface area contributed by atoms with Crippen molar-refractivity contribution in [2.24, 2.45) is 5.84 Å². The molecule has 0 atom stereocenters. The number of anilines is 1. The van der Waals surface area contributed by atoms with Crippen molar-refractivity contribution in [1.29, 1.82) is 0 Å². The Morgan fingerprint density at radius 3 is 2.42 bits per heavy atom. The molecule has 0 saturated heterocycles. The van der Waals surface area contributed by atoms with E-state index in [0.717, 1.165) is 10.8 Å². The number of thioether (sulfide) groups is 1. The Kier molecular flexibility index (Phi) is 4.44. The molecule has 6 heteroatoms. The topological polar surface area (TPSA) is 63.8 Å². The largest absolute Gasteiger partial charge is 0.298 e. The minimum Gasteiger partial charge on any atom is -0.298 e. The SMILES string of the molecule is CC(C)(C)c1ccc(SCc2nnc(NN)s2)cc1. The predicted molar refractivity (Wildman–Crippen MR) is 82.4 cm³/mol. The molecule has 1 aromatic heterocycles. The summed E-state index contributed by atoms with van der Waals surface area (Å²) in [5, 5.41) is 9.60. The van der Waals surface area contributed by atoms with Crippen molar-refractivity contribution in [2.75, 3.05) is 5.43 Å².